The molecule has 1 amide bonds. The summed E-state index contributed by atoms with van der Waals surface area (Å²) in [5.41, 5.74) is 4.17. The summed E-state index contributed by atoms with van der Waals surface area (Å²) in [6, 6.07) is 15.1. The van der Waals surface area contributed by atoms with Crippen LogP contribution in [0.2, 0.25) is 5.02 Å². The minimum atomic E-state index is -0.364. The zero-order chi connectivity index (χ0) is 20.5. The molecule has 7 heteroatoms. The highest BCUT2D eigenvalue weighted by molar-refractivity contribution is 6.39. The number of aromatic nitrogens is 3. The molecule has 146 valence electrons. The van der Waals surface area contributed by atoms with Crippen LogP contribution in [-0.2, 0) is 0 Å². The van der Waals surface area contributed by atoms with Gasteiger partial charge in [-0.25, -0.2) is 9.67 Å². The Labute approximate surface area is 173 Å². The molecule has 0 saturated carbocycles. The minimum absolute atomic E-state index is 0.275. The number of carbonyl (C=O) groups is 1. The zero-order valence-electron chi connectivity index (χ0n) is 16.2. The van der Waals surface area contributed by atoms with Gasteiger partial charge in [-0.1, -0.05) is 41.4 Å². The monoisotopic (exact) mass is 406 g/mol. The fourth-order valence-electron chi connectivity index (χ4n) is 3.17. The summed E-state index contributed by atoms with van der Waals surface area (Å²) in [4.78, 5) is 17.3. The molecule has 2 heterocycles. The molecule has 0 aliphatic carbocycles. The van der Waals surface area contributed by atoms with Crippen LogP contribution in [-0.4, -0.2) is 27.8 Å². The van der Waals surface area contributed by atoms with Gasteiger partial charge in [0.05, 0.1) is 40.2 Å². The summed E-state index contributed by atoms with van der Waals surface area (Å²) in [5, 5.41) is 8.38. The van der Waals surface area contributed by atoms with Crippen LogP contribution in [0.15, 0.2) is 54.7 Å². The van der Waals surface area contributed by atoms with Crippen molar-refractivity contribution in [1.29, 1.82) is 0 Å². The Balaban J connectivity index is 1.76. The van der Waals surface area contributed by atoms with E-state index in [1.165, 1.54) is 6.20 Å². The lowest BCUT2D eigenvalue weighted by Crippen LogP contribution is -2.14. The Kier molecular flexibility index (Phi) is 4.94. The zero-order valence-corrected chi connectivity index (χ0v) is 17.0. The number of anilines is 1. The predicted octanol–water partition coefficient (Wildman–Crippen LogP) is 4.95. The molecule has 0 unspecified atom stereocenters. The molecule has 29 heavy (non-hydrogen) atoms. The normalized spacial score (nSPS) is 10.9. The van der Waals surface area contributed by atoms with E-state index in [4.69, 9.17) is 16.3 Å². The van der Waals surface area contributed by atoms with Gasteiger partial charge in [0.2, 0.25) is 0 Å². The van der Waals surface area contributed by atoms with Gasteiger partial charge in [0.25, 0.3) is 5.91 Å². The average molecular weight is 407 g/mol. The van der Waals surface area contributed by atoms with E-state index >= 15 is 0 Å². The number of nitrogens with zero attached hydrogens (tertiary/aromatic N) is 3. The number of fused-ring (bicyclic) bond motifs is 1. The Bertz CT molecular complexity index is 1220. The third-order valence-electron chi connectivity index (χ3n) is 4.69. The van der Waals surface area contributed by atoms with E-state index in [0.717, 1.165) is 11.3 Å². The SMILES string of the molecule is COc1ccccc1NC(=O)c1cnc2c(c(C)nn2-c2ccc(C)cc2)c1Cl. The van der Waals surface area contributed by atoms with Gasteiger partial charge >= 0.3 is 0 Å². The quantitative estimate of drug-likeness (QED) is 0.520. The van der Waals surface area contributed by atoms with Gasteiger partial charge in [0.1, 0.15) is 5.75 Å². The number of hydrogen-bond donors (Lipinski definition) is 1. The third-order valence-corrected chi connectivity index (χ3v) is 5.08. The molecule has 0 fully saturated rings. The molecule has 6 nitrogen and oxygen atoms in total. The molecule has 0 spiro atoms. The summed E-state index contributed by atoms with van der Waals surface area (Å²) in [5.74, 6) is 0.200. The van der Waals surface area contributed by atoms with Crippen LogP contribution in [0.25, 0.3) is 16.7 Å². The number of nitrogens with one attached hydrogen (secondary N) is 1. The van der Waals surface area contributed by atoms with E-state index in [-0.39, 0.29) is 11.5 Å². The second-order valence-corrected chi connectivity index (χ2v) is 7.05. The van der Waals surface area contributed by atoms with E-state index < -0.39 is 0 Å². The molecule has 0 bridgehead atoms. The van der Waals surface area contributed by atoms with E-state index in [2.05, 4.69) is 15.4 Å². The van der Waals surface area contributed by atoms with Crippen molar-refractivity contribution in [2.24, 2.45) is 0 Å². The number of pyridine rings is 1. The number of ether oxygens (including phenoxy) is 1. The van der Waals surface area contributed by atoms with Gasteiger partial charge in [-0.05, 0) is 38.1 Å². The van der Waals surface area contributed by atoms with Crippen LogP contribution in [0, 0.1) is 13.8 Å². The lowest BCUT2D eigenvalue weighted by molar-refractivity contribution is 0.102. The second kappa shape index (κ2) is 7.56. The predicted molar refractivity (Wildman–Crippen MR) is 114 cm³/mol. The lowest BCUT2D eigenvalue weighted by atomic mass is 10.2. The molecule has 0 atom stereocenters. The maximum absolute atomic E-state index is 12.9. The number of carbonyl (C=O) groups excluding carboxylic acids is 1. The Morgan fingerprint density at radius 2 is 1.83 bits per heavy atom. The summed E-state index contributed by atoms with van der Waals surface area (Å²) in [6.07, 6.45) is 1.47. The highest BCUT2D eigenvalue weighted by Gasteiger charge is 2.20. The highest BCUT2D eigenvalue weighted by Crippen LogP contribution is 2.31. The molecule has 2 aromatic carbocycles. The highest BCUT2D eigenvalue weighted by atomic mass is 35.5. The van der Waals surface area contributed by atoms with Gasteiger partial charge in [-0.15, -0.1) is 0 Å². The molecule has 0 radical (unpaired) electrons. The first-order valence-electron chi connectivity index (χ1n) is 9.05. The van der Waals surface area contributed by atoms with Crippen molar-refractivity contribution in [1.82, 2.24) is 14.8 Å². The second-order valence-electron chi connectivity index (χ2n) is 6.67. The van der Waals surface area contributed by atoms with Crippen LogP contribution in [0.5, 0.6) is 5.75 Å². The van der Waals surface area contributed by atoms with Gasteiger partial charge in [0.15, 0.2) is 5.65 Å². The number of aryl methyl sites for hydroxylation is 2. The molecule has 0 aliphatic heterocycles. The smallest absolute Gasteiger partial charge is 0.258 e. The van der Waals surface area contributed by atoms with Crippen molar-refractivity contribution in [3.05, 3.63) is 76.6 Å². The van der Waals surface area contributed by atoms with E-state index in [1.54, 1.807) is 23.9 Å². The van der Waals surface area contributed by atoms with E-state index in [0.29, 0.717) is 33.2 Å². The molecule has 2 aromatic heterocycles. The molecule has 4 rings (SSSR count). The first kappa shape index (κ1) is 19.0. The number of benzene rings is 2. The average Bonchev–Trinajstić information content (AvgIpc) is 3.06. The van der Waals surface area contributed by atoms with Crippen molar-refractivity contribution in [2.75, 3.05) is 12.4 Å². The molecule has 4 aromatic rings. The van der Waals surface area contributed by atoms with Gasteiger partial charge in [-0.3, -0.25) is 4.79 Å². The minimum Gasteiger partial charge on any atom is -0.495 e. The van der Waals surface area contributed by atoms with Crippen LogP contribution >= 0.6 is 11.6 Å². The molecular formula is C22H19ClN4O2. The Morgan fingerprint density at radius 1 is 1.10 bits per heavy atom. The number of methoxy groups -OCH3 is 1. The fourth-order valence-corrected chi connectivity index (χ4v) is 3.53. The fraction of sp³-hybridized carbons (Fsp3) is 0.136. The number of para-hydroxylation sites is 2. The van der Waals surface area contributed by atoms with Crippen LogP contribution in [0.1, 0.15) is 21.6 Å². The molecule has 0 saturated heterocycles. The van der Waals surface area contributed by atoms with Crippen molar-refractivity contribution >= 4 is 34.2 Å². The Hall–Kier alpha value is -3.38. The van der Waals surface area contributed by atoms with Crippen LogP contribution in [0.3, 0.4) is 0 Å². The lowest BCUT2D eigenvalue weighted by Gasteiger charge is -2.11. The van der Waals surface area contributed by atoms with Crippen molar-refractivity contribution in [2.45, 2.75) is 13.8 Å². The number of rotatable bonds is 4. The van der Waals surface area contributed by atoms with Crippen molar-refractivity contribution in [3.63, 3.8) is 0 Å². The summed E-state index contributed by atoms with van der Waals surface area (Å²) in [6.45, 7) is 3.88. The summed E-state index contributed by atoms with van der Waals surface area (Å²) >= 11 is 6.62. The first-order valence-corrected chi connectivity index (χ1v) is 9.42. The van der Waals surface area contributed by atoms with Crippen molar-refractivity contribution in [3.8, 4) is 11.4 Å². The molecule has 0 aliphatic rings. The topological polar surface area (TPSA) is 69.0 Å². The molecule has 1 N–H and O–H groups in total. The number of amides is 1. The molecular weight excluding hydrogens is 388 g/mol. The van der Waals surface area contributed by atoms with Gasteiger partial charge < -0.3 is 10.1 Å². The largest absolute Gasteiger partial charge is 0.495 e. The van der Waals surface area contributed by atoms with Crippen molar-refractivity contribution < 1.29 is 9.53 Å². The Morgan fingerprint density at radius 3 is 2.55 bits per heavy atom. The van der Waals surface area contributed by atoms with Crippen LogP contribution < -0.4 is 10.1 Å². The summed E-state index contributed by atoms with van der Waals surface area (Å²) < 4.78 is 7.02. The van der Waals surface area contributed by atoms with E-state index in [9.17, 15) is 4.79 Å². The maximum Gasteiger partial charge on any atom is 0.258 e. The standard InChI is InChI=1S/C22H19ClN4O2/c1-13-8-10-15(11-9-13)27-21-19(14(2)26-27)20(23)16(12-24-21)22(28)25-17-6-4-5-7-18(17)29-3/h4-12H,1-3H3,(H,25,28). The third kappa shape index (κ3) is 3.43. The van der Waals surface area contributed by atoms with Crippen LogP contribution in [0.4, 0.5) is 5.69 Å². The number of halogens is 1. The summed E-state index contributed by atoms with van der Waals surface area (Å²) in [7, 11) is 1.55. The van der Waals surface area contributed by atoms with E-state index in [1.807, 2.05) is 50.2 Å². The number of hydrogen-bond acceptors (Lipinski definition) is 4. The van der Waals surface area contributed by atoms with Gasteiger partial charge in [0, 0.05) is 6.20 Å². The first-order chi connectivity index (χ1) is 14.0. The van der Waals surface area contributed by atoms with Gasteiger partial charge in [-0.2, -0.15) is 5.10 Å². The maximum atomic E-state index is 12.9.